The standard InChI is InChI=1S/C16H22O3/c1-3-12-7-4-5-10-15(12)19-16(17)13-8-6-9-14(11-13)18-2/h6,8-9,11-12,15H,3-5,7,10H2,1-2H3. The minimum atomic E-state index is -0.232. The smallest absolute Gasteiger partial charge is 0.338 e. The molecule has 19 heavy (non-hydrogen) atoms. The van der Waals surface area contributed by atoms with Crippen LogP contribution in [-0.2, 0) is 4.74 Å². The molecule has 0 N–H and O–H groups in total. The summed E-state index contributed by atoms with van der Waals surface area (Å²) < 4.78 is 10.8. The van der Waals surface area contributed by atoms with Crippen LogP contribution in [0.5, 0.6) is 5.75 Å². The van der Waals surface area contributed by atoms with Gasteiger partial charge < -0.3 is 9.47 Å². The van der Waals surface area contributed by atoms with Crippen LogP contribution < -0.4 is 4.74 Å². The van der Waals surface area contributed by atoms with Crippen LogP contribution >= 0.6 is 0 Å². The van der Waals surface area contributed by atoms with Gasteiger partial charge in [0.1, 0.15) is 11.9 Å². The highest BCUT2D eigenvalue weighted by Crippen LogP contribution is 2.30. The lowest BCUT2D eigenvalue weighted by molar-refractivity contribution is 0.000681. The van der Waals surface area contributed by atoms with Crippen molar-refractivity contribution < 1.29 is 14.3 Å². The van der Waals surface area contributed by atoms with Crippen molar-refractivity contribution in [3.8, 4) is 5.75 Å². The van der Waals surface area contributed by atoms with E-state index in [1.807, 2.05) is 12.1 Å². The Bertz CT molecular complexity index is 428. The highest BCUT2D eigenvalue weighted by molar-refractivity contribution is 5.90. The van der Waals surface area contributed by atoms with Crippen molar-refractivity contribution in [2.45, 2.75) is 45.1 Å². The van der Waals surface area contributed by atoms with Gasteiger partial charge in [0, 0.05) is 0 Å². The van der Waals surface area contributed by atoms with Gasteiger partial charge in [0.25, 0.3) is 0 Å². The number of carbonyl (C=O) groups excluding carboxylic acids is 1. The first-order valence-corrected chi connectivity index (χ1v) is 7.09. The van der Waals surface area contributed by atoms with Crippen LogP contribution in [0, 0.1) is 5.92 Å². The van der Waals surface area contributed by atoms with Crippen molar-refractivity contribution in [3.63, 3.8) is 0 Å². The van der Waals surface area contributed by atoms with E-state index in [2.05, 4.69) is 6.92 Å². The third-order valence-electron chi connectivity index (χ3n) is 3.93. The topological polar surface area (TPSA) is 35.5 Å². The van der Waals surface area contributed by atoms with Gasteiger partial charge in [-0.2, -0.15) is 0 Å². The zero-order valence-electron chi connectivity index (χ0n) is 11.7. The highest BCUT2D eigenvalue weighted by atomic mass is 16.5. The largest absolute Gasteiger partial charge is 0.497 e. The molecule has 0 radical (unpaired) electrons. The molecule has 104 valence electrons. The molecule has 0 aromatic heterocycles. The van der Waals surface area contributed by atoms with Crippen molar-refractivity contribution in [2.75, 3.05) is 7.11 Å². The lowest BCUT2D eigenvalue weighted by atomic mass is 9.85. The van der Waals surface area contributed by atoms with E-state index >= 15 is 0 Å². The quantitative estimate of drug-likeness (QED) is 0.774. The van der Waals surface area contributed by atoms with Crippen LogP contribution in [0.15, 0.2) is 24.3 Å². The second kappa shape index (κ2) is 6.60. The van der Waals surface area contributed by atoms with Gasteiger partial charge in [-0.1, -0.05) is 19.4 Å². The summed E-state index contributed by atoms with van der Waals surface area (Å²) in [5.74, 6) is 0.970. The van der Waals surface area contributed by atoms with E-state index in [1.54, 1.807) is 19.2 Å². The molecule has 0 bridgehead atoms. The predicted molar refractivity (Wildman–Crippen MR) is 74.4 cm³/mol. The second-order valence-corrected chi connectivity index (χ2v) is 5.13. The van der Waals surface area contributed by atoms with E-state index in [0.29, 0.717) is 17.2 Å². The van der Waals surface area contributed by atoms with Crippen molar-refractivity contribution >= 4 is 5.97 Å². The molecule has 1 fully saturated rings. The van der Waals surface area contributed by atoms with Gasteiger partial charge in [-0.15, -0.1) is 0 Å². The van der Waals surface area contributed by atoms with Crippen LogP contribution in [0.1, 0.15) is 49.4 Å². The van der Waals surface area contributed by atoms with Crippen LogP contribution in [0.3, 0.4) is 0 Å². The summed E-state index contributed by atoms with van der Waals surface area (Å²) in [6.45, 7) is 2.17. The third-order valence-corrected chi connectivity index (χ3v) is 3.93. The Balaban J connectivity index is 2.02. The van der Waals surface area contributed by atoms with Gasteiger partial charge in [0.05, 0.1) is 12.7 Å². The Morgan fingerprint density at radius 1 is 1.32 bits per heavy atom. The number of rotatable bonds is 4. The molecule has 1 aromatic carbocycles. The lowest BCUT2D eigenvalue weighted by Crippen LogP contribution is -2.29. The summed E-state index contributed by atoms with van der Waals surface area (Å²) >= 11 is 0. The molecule has 0 spiro atoms. The van der Waals surface area contributed by atoms with Crippen LogP contribution in [-0.4, -0.2) is 19.2 Å². The van der Waals surface area contributed by atoms with Gasteiger partial charge in [0.15, 0.2) is 0 Å². The number of esters is 1. The maximum atomic E-state index is 12.2. The van der Waals surface area contributed by atoms with Gasteiger partial charge in [-0.3, -0.25) is 0 Å². The summed E-state index contributed by atoms with van der Waals surface area (Å²) in [4.78, 5) is 12.2. The van der Waals surface area contributed by atoms with E-state index in [4.69, 9.17) is 9.47 Å². The van der Waals surface area contributed by atoms with E-state index in [-0.39, 0.29) is 12.1 Å². The Morgan fingerprint density at radius 2 is 2.11 bits per heavy atom. The number of benzene rings is 1. The molecule has 0 heterocycles. The monoisotopic (exact) mass is 262 g/mol. The van der Waals surface area contributed by atoms with Crippen LogP contribution in [0.4, 0.5) is 0 Å². The zero-order chi connectivity index (χ0) is 13.7. The first-order chi connectivity index (χ1) is 9.24. The molecule has 2 rings (SSSR count). The maximum Gasteiger partial charge on any atom is 0.338 e. The number of hydrogen-bond acceptors (Lipinski definition) is 3. The minimum absolute atomic E-state index is 0.0810. The molecule has 3 nitrogen and oxygen atoms in total. The van der Waals surface area contributed by atoms with E-state index in [1.165, 1.54) is 12.8 Å². The molecule has 0 saturated heterocycles. The van der Waals surface area contributed by atoms with Crippen LogP contribution in [0.2, 0.25) is 0 Å². The molecular formula is C16H22O3. The molecule has 1 aromatic rings. The first kappa shape index (κ1) is 13.9. The average molecular weight is 262 g/mol. The fraction of sp³-hybridized carbons (Fsp3) is 0.562. The van der Waals surface area contributed by atoms with Crippen LogP contribution in [0.25, 0.3) is 0 Å². The highest BCUT2D eigenvalue weighted by Gasteiger charge is 2.27. The van der Waals surface area contributed by atoms with Crippen molar-refractivity contribution in [1.29, 1.82) is 0 Å². The summed E-state index contributed by atoms with van der Waals surface area (Å²) in [6, 6.07) is 7.14. The second-order valence-electron chi connectivity index (χ2n) is 5.13. The third kappa shape index (κ3) is 3.49. The van der Waals surface area contributed by atoms with E-state index < -0.39 is 0 Å². The number of carbonyl (C=O) groups is 1. The fourth-order valence-corrected chi connectivity index (χ4v) is 2.75. The van der Waals surface area contributed by atoms with Gasteiger partial charge >= 0.3 is 5.97 Å². The average Bonchev–Trinajstić information content (AvgIpc) is 2.47. The molecule has 1 saturated carbocycles. The minimum Gasteiger partial charge on any atom is -0.497 e. The summed E-state index contributed by atoms with van der Waals surface area (Å²) in [6.07, 6.45) is 5.74. The molecular weight excluding hydrogens is 240 g/mol. The Kier molecular flexibility index (Phi) is 4.83. The van der Waals surface area contributed by atoms with Gasteiger partial charge in [0.2, 0.25) is 0 Å². The Labute approximate surface area is 114 Å². The van der Waals surface area contributed by atoms with Crippen molar-refractivity contribution in [3.05, 3.63) is 29.8 Å². The van der Waals surface area contributed by atoms with E-state index in [0.717, 1.165) is 19.3 Å². The zero-order valence-corrected chi connectivity index (χ0v) is 11.7. The number of hydrogen-bond donors (Lipinski definition) is 0. The SMILES string of the molecule is CCC1CCCCC1OC(=O)c1cccc(OC)c1. The first-order valence-electron chi connectivity index (χ1n) is 7.09. The fourth-order valence-electron chi connectivity index (χ4n) is 2.75. The van der Waals surface area contributed by atoms with E-state index in [9.17, 15) is 4.79 Å². The molecule has 3 heteroatoms. The maximum absolute atomic E-state index is 12.2. The summed E-state index contributed by atoms with van der Waals surface area (Å²) in [7, 11) is 1.60. The number of methoxy groups -OCH3 is 1. The molecule has 0 amide bonds. The molecule has 0 aliphatic heterocycles. The van der Waals surface area contributed by atoms with Crippen molar-refractivity contribution in [2.24, 2.45) is 5.92 Å². The molecule has 1 aliphatic rings. The Hall–Kier alpha value is -1.51. The van der Waals surface area contributed by atoms with Gasteiger partial charge in [-0.25, -0.2) is 4.79 Å². The summed E-state index contributed by atoms with van der Waals surface area (Å²) in [5.41, 5.74) is 0.569. The van der Waals surface area contributed by atoms with Gasteiger partial charge in [-0.05, 0) is 49.8 Å². The van der Waals surface area contributed by atoms with Crippen molar-refractivity contribution in [1.82, 2.24) is 0 Å². The lowest BCUT2D eigenvalue weighted by Gasteiger charge is -2.30. The Morgan fingerprint density at radius 3 is 2.84 bits per heavy atom. The normalized spacial score (nSPS) is 22.8. The number of ether oxygens (including phenoxy) is 2. The molecule has 1 aliphatic carbocycles. The predicted octanol–water partition coefficient (Wildman–Crippen LogP) is 3.82. The molecule has 2 atom stereocenters. The molecule has 2 unspecified atom stereocenters. The summed E-state index contributed by atoms with van der Waals surface area (Å²) in [5, 5.41) is 0.